The fraction of sp³-hybridized carbons (Fsp3) is 0. The highest BCUT2D eigenvalue weighted by molar-refractivity contribution is 5.98. The van der Waals surface area contributed by atoms with E-state index in [1.807, 2.05) is 0 Å². The maximum absolute atomic E-state index is 11.7. The number of hydrogen-bond donors (Lipinski definition) is 0. The monoisotopic (exact) mass is 498 g/mol. The molecule has 4 aromatic rings. The van der Waals surface area contributed by atoms with Crippen molar-refractivity contribution < 1.29 is 29.0 Å². The van der Waals surface area contributed by atoms with E-state index >= 15 is 0 Å². The highest BCUT2D eigenvalue weighted by Crippen LogP contribution is 2.54. The number of anilines is 6. The molecule has 0 aliphatic carbocycles. The standard InChI is InChI=1S/C16H6N10O10/c27-23(28)7-1-3-9(11(5-7)25(31)32)21-13-15(19-35-17-13)22(16-14(21)18-36-20-16)10-4-2-8(24(29)30)6-12(10)26(33)34/h1-6H. The van der Waals surface area contributed by atoms with Gasteiger partial charge in [0, 0.05) is 12.1 Å². The van der Waals surface area contributed by atoms with Crippen LogP contribution in [0.4, 0.5) is 57.4 Å². The maximum atomic E-state index is 11.7. The van der Waals surface area contributed by atoms with Crippen molar-refractivity contribution in [2.24, 2.45) is 0 Å². The summed E-state index contributed by atoms with van der Waals surface area (Å²) in [6, 6.07) is 5.52. The zero-order valence-electron chi connectivity index (χ0n) is 17.0. The molecule has 36 heavy (non-hydrogen) atoms. The van der Waals surface area contributed by atoms with Crippen molar-refractivity contribution in [3.63, 3.8) is 0 Å². The quantitative estimate of drug-likeness (QED) is 0.240. The summed E-state index contributed by atoms with van der Waals surface area (Å²) in [5, 5.41) is 60.5. The summed E-state index contributed by atoms with van der Waals surface area (Å²) in [6.45, 7) is 0. The highest BCUT2D eigenvalue weighted by Gasteiger charge is 2.44. The molecular weight excluding hydrogens is 492 g/mol. The molecule has 3 heterocycles. The predicted octanol–water partition coefficient (Wildman–Crippen LogP) is 3.34. The minimum atomic E-state index is -0.879. The molecule has 2 aromatic heterocycles. The molecule has 1 aliphatic rings. The van der Waals surface area contributed by atoms with Crippen LogP contribution in [0.15, 0.2) is 45.7 Å². The SMILES string of the molecule is O=[N+]([O-])c1ccc(N2c3nonc3N(c3ccc([N+](=O)[O-])cc3[N+](=O)[O-])c3nonc32)c([N+](=O)[O-])c1. The number of fused-ring (bicyclic) bond motifs is 2. The second-order valence-electron chi connectivity index (χ2n) is 6.87. The molecule has 1 aliphatic heterocycles. The van der Waals surface area contributed by atoms with Gasteiger partial charge in [-0.2, -0.15) is 0 Å². The molecule has 0 amide bonds. The molecule has 0 saturated carbocycles. The molecule has 180 valence electrons. The van der Waals surface area contributed by atoms with Gasteiger partial charge in [0.25, 0.3) is 22.7 Å². The first-order valence-corrected chi connectivity index (χ1v) is 9.30. The Morgan fingerprint density at radius 2 is 0.889 bits per heavy atom. The van der Waals surface area contributed by atoms with Gasteiger partial charge < -0.3 is 0 Å². The average molecular weight is 498 g/mol. The van der Waals surface area contributed by atoms with Crippen molar-refractivity contribution in [2.75, 3.05) is 9.80 Å². The molecule has 0 spiro atoms. The molecule has 20 heteroatoms. The van der Waals surface area contributed by atoms with Gasteiger partial charge in [0.1, 0.15) is 11.4 Å². The van der Waals surface area contributed by atoms with Crippen molar-refractivity contribution >= 4 is 57.4 Å². The lowest BCUT2D eigenvalue weighted by Gasteiger charge is -2.29. The molecule has 0 N–H and O–H groups in total. The normalized spacial score (nSPS) is 12.1. The lowest BCUT2D eigenvalue weighted by Crippen LogP contribution is -2.25. The van der Waals surface area contributed by atoms with Crippen molar-refractivity contribution in [3.8, 4) is 0 Å². The Bertz CT molecular complexity index is 1440. The molecule has 5 rings (SSSR count). The minimum Gasteiger partial charge on any atom is -0.260 e. The summed E-state index contributed by atoms with van der Waals surface area (Å²) >= 11 is 0. The molecule has 0 saturated heterocycles. The second kappa shape index (κ2) is 7.75. The van der Waals surface area contributed by atoms with Crippen molar-refractivity contribution in [2.45, 2.75) is 0 Å². The first-order valence-electron chi connectivity index (χ1n) is 9.30. The van der Waals surface area contributed by atoms with E-state index in [4.69, 9.17) is 9.26 Å². The topological polar surface area (TPSA) is 257 Å². The maximum Gasteiger partial charge on any atom is 0.300 e. The second-order valence-corrected chi connectivity index (χ2v) is 6.87. The third kappa shape index (κ3) is 3.17. The van der Waals surface area contributed by atoms with E-state index in [9.17, 15) is 40.5 Å². The van der Waals surface area contributed by atoms with Gasteiger partial charge in [0.2, 0.25) is 23.3 Å². The lowest BCUT2D eigenvalue weighted by atomic mass is 10.1. The number of rotatable bonds is 6. The minimum absolute atomic E-state index is 0.266. The molecular formula is C16H6N10O10. The lowest BCUT2D eigenvalue weighted by molar-refractivity contribution is -0.394. The van der Waals surface area contributed by atoms with Gasteiger partial charge in [-0.05, 0) is 32.8 Å². The van der Waals surface area contributed by atoms with Crippen LogP contribution in [0, 0.1) is 40.5 Å². The molecule has 0 atom stereocenters. The summed E-state index contributed by atoms with van der Waals surface area (Å²) in [5.74, 6) is -1.10. The van der Waals surface area contributed by atoms with Crippen LogP contribution in [0.2, 0.25) is 0 Å². The number of non-ortho nitro benzene ring substituents is 2. The van der Waals surface area contributed by atoms with Gasteiger partial charge in [0.15, 0.2) is 0 Å². The summed E-state index contributed by atoms with van der Waals surface area (Å²) in [5.41, 5.74) is -3.11. The third-order valence-corrected chi connectivity index (χ3v) is 4.97. The third-order valence-electron chi connectivity index (χ3n) is 4.97. The Hall–Kier alpha value is -6.08. The summed E-state index contributed by atoms with van der Waals surface area (Å²) in [4.78, 5) is 44.3. The first-order chi connectivity index (χ1) is 17.2. The molecule has 0 bridgehead atoms. The average Bonchev–Trinajstić information content (AvgIpc) is 3.51. The van der Waals surface area contributed by atoms with Crippen molar-refractivity contribution in [1.82, 2.24) is 20.6 Å². The molecule has 2 aromatic carbocycles. The Kier molecular flexibility index (Phi) is 4.68. The Balaban J connectivity index is 1.74. The summed E-state index contributed by atoms with van der Waals surface area (Å²) in [6.07, 6.45) is 0. The van der Waals surface area contributed by atoms with Gasteiger partial charge in [0.05, 0.1) is 31.8 Å². The smallest absolute Gasteiger partial charge is 0.260 e. The molecule has 0 fully saturated rings. The van der Waals surface area contributed by atoms with Crippen LogP contribution in [0.25, 0.3) is 0 Å². The Morgan fingerprint density at radius 1 is 0.556 bits per heavy atom. The van der Waals surface area contributed by atoms with E-state index in [1.54, 1.807) is 0 Å². The number of benzene rings is 2. The van der Waals surface area contributed by atoms with Crippen LogP contribution in [0.3, 0.4) is 0 Å². The van der Waals surface area contributed by atoms with Crippen LogP contribution in [-0.2, 0) is 0 Å². The van der Waals surface area contributed by atoms with Gasteiger partial charge in [-0.1, -0.05) is 0 Å². The Morgan fingerprint density at radius 3 is 1.17 bits per heavy atom. The predicted molar refractivity (Wildman–Crippen MR) is 112 cm³/mol. The zero-order valence-corrected chi connectivity index (χ0v) is 17.0. The first kappa shape index (κ1) is 21.7. The Labute approximate surface area is 194 Å². The summed E-state index contributed by atoms with van der Waals surface area (Å²) < 4.78 is 9.54. The van der Waals surface area contributed by atoms with E-state index in [2.05, 4.69) is 20.6 Å². The summed E-state index contributed by atoms with van der Waals surface area (Å²) in [7, 11) is 0. The molecule has 20 nitrogen and oxygen atoms in total. The van der Waals surface area contributed by atoms with E-state index in [1.165, 1.54) is 0 Å². The van der Waals surface area contributed by atoms with Crippen LogP contribution < -0.4 is 9.80 Å². The van der Waals surface area contributed by atoms with Crippen LogP contribution in [-0.4, -0.2) is 40.3 Å². The highest BCUT2D eigenvalue weighted by atomic mass is 16.6. The number of nitro benzene ring substituents is 4. The van der Waals surface area contributed by atoms with Crippen LogP contribution in [0.1, 0.15) is 0 Å². The fourth-order valence-electron chi connectivity index (χ4n) is 3.50. The van der Waals surface area contributed by atoms with Crippen molar-refractivity contribution in [3.05, 3.63) is 76.9 Å². The van der Waals surface area contributed by atoms with Crippen molar-refractivity contribution in [1.29, 1.82) is 0 Å². The number of aromatic nitrogens is 4. The van der Waals surface area contributed by atoms with E-state index in [-0.39, 0.29) is 34.6 Å². The zero-order chi connectivity index (χ0) is 25.7. The molecule has 0 radical (unpaired) electrons. The number of hydrogen-bond acceptors (Lipinski definition) is 16. The van der Waals surface area contributed by atoms with Crippen LogP contribution in [0.5, 0.6) is 0 Å². The van der Waals surface area contributed by atoms with E-state index in [0.717, 1.165) is 34.1 Å². The largest absolute Gasteiger partial charge is 0.300 e. The van der Waals surface area contributed by atoms with E-state index < -0.39 is 42.4 Å². The van der Waals surface area contributed by atoms with Crippen LogP contribution >= 0.6 is 0 Å². The number of nitrogens with zero attached hydrogens (tertiary/aromatic N) is 10. The van der Waals surface area contributed by atoms with Gasteiger partial charge in [-0.3, -0.25) is 50.3 Å². The van der Waals surface area contributed by atoms with Gasteiger partial charge in [-0.25, -0.2) is 9.26 Å². The molecule has 0 unspecified atom stereocenters. The fourth-order valence-corrected chi connectivity index (χ4v) is 3.50. The van der Waals surface area contributed by atoms with Gasteiger partial charge in [-0.15, -0.1) is 0 Å². The van der Waals surface area contributed by atoms with E-state index in [0.29, 0.717) is 12.1 Å². The number of nitro groups is 4. The van der Waals surface area contributed by atoms with Gasteiger partial charge >= 0.3 is 0 Å².